The fourth-order valence-corrected chi connectivity index (χ4v) is 2.95. The van der Waals surface area contributed by atoms with E-state index in [4.69, 9.17) is 11.6 Å². The summed E-state index contributed by atoms with van der Waals surface area (Å²) in [6, 6.07) is 10.9. The molecule has 23 heavy (non-hydrogen) atoms. The zero-order chi connectivity index (χ0) is 15.8. The van der Waals surface area contributed by atoms with Gasteiger partial charge in [-0.3, -0.25) is 4.79 Å². The maximum Gasteiger partial charge on any atom is 0.253 e. The molecule has 1 saturated heterocycles. The molecule has 6 nitrogen and oxygen atoms in total. The first-order valence-corrected chi connectivity index (χ1v) is 7.69. The number of nitrogens with one attached hydrogen (secondary N) is 1. The lowest BCUT2D eigenvalue weighted by Crippen LogP contribution is -2.60. The average molecular weight is 328 g/mol. The summed E-state index contributed by atoms with van der Waals surface area (Å²) in [4.78, 5) is 18.6. The van der Waals surface area contributed by atoms with E-state index in [0.717, 1.165) is 24.6 Å². The third-order valence-electron chi connectivity index (χ3n) is 3.93. The van der Waals surface area contributed by atoms with Crippen molar-refractivity contribution in [1.29, 1.82) is 0 Å². The number of nitrogens with zero attached hydrogens (tertiary/aromatic N) is 4. The number of carbonyl (C=O) groups excluding carboxylic acids is 1. The fourth-order valence-electron chi connectivity index (χ4n) is 2.73. The molecule has 1 aliphatic rings. The van der Waals surface area contributed by atoms with Gasteiger partial charge in [-0.25, -0.2) is 4.98 Å². The molecule has 0 aliphatic carbocycles. The minimum atomic E-state index is -0.140. The Morgan fingerprint density at radius 3 is 2.83 bits per heavy atom. The molecular weight excluding hydrogens is 314 g/mol. The van der Waals surface area contributed by atoms with Gasteiger partial charge in [-0.1, -0.05) is 23.7 Å². The van der Waals surface area contributed by atoms with E-state index in [1.807, 2.05) is 18.2 Å². The quantitative estimate of drug-likeness (QED) is 0.799. The third-order valence-corrected chi connectivity index (χ3v) is 4.26. The Labute approximate surface area is 137 Å². The van der Waals surface area contributed by atoms with Gasteiger partial charge in [0.15, 0.2) is 5.65 Å². The molecule has 0 bridgehead atoms. The second-order valence-electron chi connectivity index (χ2n) is 5.46. The van der Waals surface area contributed by atoms with Gasteiger partial charge in [-0.05, 0) is 18.2 Å². The van der Waals surface area contributed by atoms with Crippen molar-refractivity contribution in [2.45, 2.75) is 6.04 Å². The Hall–Kier alpha value is -2.60. The number of halogens is 1. The van der Waals surface area contributed by atoms with Crippen LogP contribution < -0.4 is 10.2 Å². The molecule has 1 amide bonds. The molecule has 0 unspecified atom stereocenters. The number of anilines is 1. The van der Waals surface area contributed by atoms with Crippen LogP contribution in [0, 0.1) is 0 Å². The Morgan fingerprint density at radius 2 is 2.00 bits per heavy atom. The van der Waals surface area contributed by atoms with E-state index in [9.17, 15) is 4.79 Å². The van der Waals surface area contributed by atoms with Gasteiger partial charge in [0, 0.05) is 25.4 Å². The van der Waals surface area contributed by atoms with Crippen LogP contribution in [0.3, 0.4) is 0 Å². The largest absolute Gasteiger partial charge is 0.352 e. The van der Waals surface area contributed by atoms with Gasteiger partial charge in [0.2, 0.25) is 0 Å². The lowest BCUT2D eigenvalue weighted by atomic mass is 10.1. The third kappa shape index (κ3) is 2.51. The number of benzene rings is 1. The molecule has 3 heterocycles. The number of rotatable bonds is 3. The van der Waals surface area contributed by atoms with Crippen LogP contribution in [0.1, 0.15) is 10.4 Å². The first-order chi connectivity index (χ1) is 11.2. The maximum absolute atomic E-state index is 12.2. The summed E-state index contributed by atoms with van der Waals surface area (Å²) in [7, 11) is 0. The minimum Gasteiger partial charge on any atom is -0.352 e. The van der Waals surface area contributed by atoms with Gasteiger partial charge in [-0.2, -0.15) is 9.61 Å². The van der Waals surface area contributed by atoms with Crippen molar-refractivity contribution in [3.63, 3.8) is 0 Å². The van der Waals surface area contributed by atoms with E-state index < -0.39 is 0 Å². The van der Waals surface area contributed by atoms with Crippen molar-refractivity contribution in [3.05, 3.63) is 59.4 Å². The van der Waals surface area contributed by atoms with Crippen LogP contribution in [-0.4, -0.2) is 39.6 Å². The zero-order valence-corrected chi connectivity index (χ0v) is 12.9. The standard InChI is InChI=1S/C16H14ClN5O/c17-13-4-2-1-3-12(13)16(23)20-11-9-21(10-11)15-6-7-18-14-5-8-19-22(14)15/h1-8,11H,9-10H2,(H,20,23). The molecular formula is C16H14ClN5O. The van der Waals surface area contributed by atoms with Crippen molar-refractivity contribution in [3.8, 4) is 0 Å². The maximum atomic E-state index is 12.2. The summed E-state index contributed by atoms with van der Waals surface area (Å²) in [6.07, 6.45) is 3.49. The van der Waals surface area contributed by atoms with Crippen LogP contribution in [0.4, 0.5) is 5.82 Å². The fraction of sp³-hybridized carbons (Fsp3) is 0.188. The van der Waals surface area contributed by atoms with Crippen LogP contribution >= 0.6 is 11.6 Å². The topological polar surface area (TPSA) is 62.5 Å². The van der Waals surface area contributed by atoms with Crippen molar-refractivity contribution in [1.82, 2.24) is 19.9 Å². The van der Waals surface area contributed by atoms with Crippen LogP contribution in [0.5, 0.6) is 0 Å². The van der Waals surface area contributed by atoms with Gasteiger partial charge in [-0.15, -0.1) is 0 Å². The van der Waals surface area contributed by atoms with Crippen LogP contribution in [0.25, 0.3) is 5.65 Å². The molecule has 1 N–H and O–H groups in total. The van der Waals surface area contributed by atoms with Crippen molar-refractivity contribution in [2.24, 2.45) is 0 Å². The molecule has 4 rings (SSSR count). The molecule has 1 aliphatic heterocycles. The van der Waals surface area contributed by atoms with E-state index in [1.165, 1.54) is 0 Å². The SMILES string of the molecule is O=C(NC1CN(c2ccnc3ccnn23)C1)c1ccccc1Cl. The second kappa shape index (κ2) is 5.55. The lowest BCUT2D eigenvalue weighted by Gasteiger charge is -2.40. The van der Waals surface area contributed by atoms with Crippen molar-refractivity contribution in [2.75, 3.05) is 18.0 Å². The Bertz CT molecular complexity index is 872. The number of carbonyl (C=O) groups is 1. The van der Waals surface area contributed by atoms with E-state index in [2.05, 4.69) is 20.3 Å². The molecule has 0 spiro atoms. The monoisotopic (exact) mass is 327 g/mol. The highest BCUT2D eigenvalue weighted by Gasteiger charge is 2.30. The van der Waals surface area contributed by atoms with Gasteiger partial charge in [0.25, 0.3) is 5.91 Å². The highest BCUT2D eigenvalue weighted by atomic mass is 35.5. The summed E-state index contributed by atoms with van der Waals surface area (Å²) in [5.41, 5.74) is 1.32. The van der Waals surface area contributed by atoms with E-state index in [-0.39, 0.29) is 11.9 Å². The van der Waals surface area contributed by atoms with Crippen LogP contribution in [0.2, 0.25) is 5.02 Å². The van der Waals surface area contributed by atoms with Crippen molar-refractivity contribution >= 4 is 29.0 Å². The summed E-state index contributed by atoms with van der Waals surface area (Å²) in [5.74, 6) is 0.836. The molecule has 3 aromatic rings. The summed E-state index contributed by atoms with van der Waals surface area (Å²) >= 11 is 6.05. The van der Waals surface area contributed by atoms with Crippen LogP contribution in [0.15, 0.2) is 48.8 Å². The summed E-state index contributed by atoms with van der Waals surface area (Å²) in [5, 5.41) is 7.75. The number of hydrogen-bond acceptors (Lipinski definition) is 4. The summed E-state index contributed by atoms with van der Waals surface area (Å²) in [6.45, 7) is 1.46. The normalized spacial score (nSPS) is 14.7. The Balaban J connectivity index is 1.43. The van der Waals surface area contributed by atoms with Crippen molar-refractivity contribution < 1.29 is 4.79 Å². The summed E-state index contributed by atoms with van der Waals surface area (Å²) < 4.78 is 1.80. The Kier molecular flexibility index (Phi) is 3.38. The van der Waals surface area contributed by atoms with E-state index >= 15 is 0 Å². The smallest absolute Gasteiger partial charge is 0.253 e. The first-order valence-electron chi connectivity index (χ1n) is 7.31. The highest BCUT2D eigenvalue weighted by Crippen LogP contribution is 2.21. The van der Waals surface area contributed by atoms with E-state index in [0.29, 0.717) is 10.6 Å². The highest BCUT2D eigenvalue weighted by molar-refractivity contribution is 6.33. The molecule has 0 atom stereocenters. The minimum absolute atomic E-state index is 0.0950. The van der Waals surface area contributed by atoms with Crippen LogP contribution in [-0.2, 0) is 0 Å². The Morgan fingerprint density at radius 1 is 1.17 bits per heavy atom. The predicted octanol–water partition coefficient (Wildman–Crippen LogP) is 2.00. The van der Waals surface area contributed by atoms with Gasteiger partial charge in [0.05, 0.1) is 22.8 Å². The number of amides is 1. The van der Waals surface area contributed by atoms with Gasteiger partial charge >= 0.3 is 0 Å². The zero-order valence-electron chi connectivity index (χ0n) is 12.2. The van der Waals surface area contributed by atoms with Gasteiger partial charge < -0.3 is 10.2 Å². The number of hydrogen-bond donors (Lipinski definition) is 1. The predicted molar refractivity (Wildman–Crippen MR) is 87.9 cm³/mol. The van der Waals surface area contributed by atoms with E-state index in [1.54, 1.807) is 35.1 Å². The first kappa shape index (κ1) is 14.0. The molecule has 1 fully saturated rings. The molecule has 0 radical (unpaired) electrons. The second-order valence-corrected chi connectivity index (χ2v) is 5.87. The number of fused-ring (bicyclic) bond motifs is 1. The number of aromatic nitrogens is 3. The molecule has 1 aromatic carbocycles. The molecule has 2 aromatic heterocycles. The molecule has 0 saturated carbocycles. The van der Waals surface area contributed by atoms with Gasteiger partial charge in [0.1, 0.15) is 5.82 Å². The molecule has 7 heteroatoms. The molecule has 116 valence electrons. The average Bonchev–Trinajstić information content (AvgIpc) is 2.99. The lowest BCUT2D eigenvalue weighted by molar-refractivity contribution is 0.0930.